The standard InChI is InChI=1S/C20H27NO4/c1-20(8-2-3-9-20)21(19(22)16-6-10-23-11-7-16)13-15-4-5-17-18(12-15)25-14-24-17/h4-5,12,16H,2-3,6-11,13-14H2,1H3. The van der Waals surface area contributed by atoms with Crippen molar-refractivity contribution in [3.63, 3.8) is 0 Å². The molecule has 0 bridgehead atoms. The SMILES string of the molecule is CC1(N(Cc2ccc3c(c2)OCO3)C(=O)C2CCOCC2)CCCC1. The Balaban J connectivity index is 1.57. The summed E-state index contributed by atoms with van der Waals surface area (Å²) in [5.74, 6) is 1.97. The molecule has 5 heteroatoms. The second-order valence-electron chi connectivity index (χ2n) is 7.70. The highest BCUT2D eigenvalue weighted by molar-refractivity contribution is 5.80. The summed E-state index contributed by atoms with van der Waals surface area (Å²) in [5.41, 5.74) is 1.07. The minimum absolute atomic E-state index is 0.0360. The summed E-state index contributed by atoms with van der Waals surface area (Å²) in [7, 11) is 0. The molecular formula is C20H27NO4. The Hall–Kier alpha value is -1.75. The molecule has 1 saturated heterocycles. The van der Waals surface area contributed by atoms with Crippen LogP contribution in [0.25, 0.3) is 0 Å². The Morgan fingerprint density at radius 1 is 1.16 bits per heavy atom. The second kappa shape index (κ2) is 6.87. The van der Waals surface area contributed by atoms with Crippen LogP contribution in [0.1, 0.15) is 51.0 Å². The molecule has 0 aromatic heterocycles. The largest absolute Gasteiger partial charge is 0.454 e. The summed E-state index contributed by atoms with van der Waals surface area (Å²) in [4.78, 5) is 15.5. The smallest absolute Gasteiger partial charge is 0.231 e. The molecule has 1 aromatic carbocycles. The molecule has 2 fully saturated rings. The van der Waals surface area contributed by atoms with E-state index in [1.54, 1.807) is 0 Å². The van der Waals surface area contributed by atoms with Gasteiger partial charge in [0.1, 0.15) is 0 Å². The molecule has 2 heterocycles. The zero-order chi connectivity index (χ0) is 17.3. The molecule has 3 aliphatic rings. The number of nitrogens with zero attached hydrogens (tertiary/aromatic N) is 1. The molecule has 1 aliphatic carbocycles. The average Bonchev–Trinajstić information content (AvgIpc) is 3.29. The molecule has 1 aromatic rings. The van der Waals surface area contributed by atoms with Crippen LogP contribution in [-0.2, 0) is 16.1 Å². The van der Waals surface area contributed by atoms with Crippen LogP contribution in [0.3, 0.4) is 0 Å². The minimum Gasteiger partial charge on any atom is -0.454 e. The molecule has 1 amide bonds. The van der Waals surface area contributed by atoms with E-state index in [2.05, 4.69) is 17.9 Å². The van der Waals surface area contributed by atoms with Crippen LogP contribution in [0.4, 0.5) is 0 Å². The molecule has 25 heavy (non-hydrogen) atoms. The van der Waals surface area contributed by atoms with E-state index in [1.165, 1.54) is 12.8 Å². The third-order valence-electron chi connectivity index (χ3n) is 5.95. The first-order valence-electron chi connectivity index (χ1n) is 9.43. The van der Waals surface area contributed by atoms with Gasteiger partial charge in [0.25, 0.3) is 0 Å². The Labute approximate surface area is 149 Å². The van der Waals surface area contributed by atoms with Crippen LogP contribution in [0.5, 0.6) is 11.5 Å². The number of hydrogen-bond acceptors (Lipinski definition) is 4. The van der Waals surface area contributed by atoms with Crippen LogP contribution in [0, 0.1) is 5.92 Å². The summed E-state index contributed by atoms with van der Waals surface area (Å²) < 4.78 is 16.4. The van der Waals surface area contributed by atoms with Crippen molar-refractivity contribution in [2.45, 2.75) is 57.5 Å². The van der Waals surface area contributed by atoms with Crippen molar-refractivity contribution in [3.8, 4) is 11.5 Å². The van der Waals surface area contributed by atoms with Gasteiger partial charge in [0.05, 0.1) is 0 Å². The molecular weight excluding hydrogens is 318 g/mol. The molecule has 0 spiro atoms. The van der Waals surface area contributed by atoms with Gasteiger partial charge in [0.2, 0.25) is 12.7 Å². The van der Waals surface area contributed by atoms with Gasteiger partial charge in [0, 0.05) is 31.2 Å². The number of rotatable bonds is 4. The van der Waals surface area contributed by atoms with Gasteiger partial charge in [-0.05, 0) is 50.3 Å². The second-order valence-corrected chi connectivity index (χ2v) is 7.70. The van der Waals surface area contributed by atoms with Gasteiger partial charge in [-0.2, -0.15) is 0 Å². The molecule has 1 saturated carbocycles. The Bertz CT molecular complexity index is 633. The highest BCUT2D eigenvalue weighted by atomic mass is 16.7. The predicted octanol–water partition coefficient (Wildman–Crippen LogP) is 3.50. The maximum Gasteiger partial charge on any atom is 0.231 e. The summed E-state index contributed by atoms with van der Waals surface area (Å²) in [6, 6.07) is 6.02. The average molecular weight is 345 g/mol. The summed E-state index contributed by atoms with van der Waals surface area (Å²) in [6.07, 6.45) is 6.27. The quantitative estimate of drug-likeness (QED) is 0.838. The summed E-state index contributed by atoms with van der Waals surface area (Å²) in [5, 5.41) is 0. The Kier molecular flexibility index (Phi) is 4.59. The lowest BCUT2D eigenvalue weighted by Crippen LogP contribution is -2.50. The number of carbonyl (C=O) groups excluding carboxylic acids is 1. The third kappa shape index (κ3) is 3.34. The number of hydrogen-bond donors (Lipinski definition) is 0. The van der Waals surface area contributed by atoms with Crippen molar-refractivity contribution in [1.82, 2.24) is 4.90 Å². The normalized spacial score (nSPS) is 22.1. The first kappa shape index (κ1) is 16.7. The van der Waals surface area contributed by atoms with Gasteiger partial charge in [-0.15, -0.1) is 0 Å². The van der Waals surface area contributed by atoms with E-state index in [1.807, 2.05) is 12.1 Å². The van der Waals surface area contributed by atoms with E-state index in [0.717, 1.165) is 42.7 Å². The van der Waals surface area contributed by atoms with Crippen molar-refractivity contribution < 1.29 is 19.0 Å². The fraction of sp³-hybridized carbons (Fsp3) is 0.650. The van der Waals surface area contributed by atoms with Gasteiger partial charge >= 0.3 is 0 Å². The number of ether oxygens (including phenoxy) is 3. The third-order valence-corrected chi connectivity index (χ3v) is 5.95. The Morgan fingerprint density at radius 2 is 1.88 bits per heavy atom. The van der Waals surface area contributed by atoms with Crippen LogP contribution in [-0.4, -0.2) is 36.4 Å². The number of amides is 1. The van der Waals surface area contributed by atoms with Crippen molar-refractivity contribution in [3.05, 3.63) is 23.8 Å². The number of carbonyl (C=O) groups is 1. The predicted molar refractivity (Wildman–Crippen MR) is 93.5 cm³/mol. The summed E-state index contributed by atoms with van der Waals surface area (Å²) in [6.45, 7) is 4.57. The van der Waals surface area contributed by atoms with Gasteiger partial charge in [-0.3, -0.25) is 4.79 Å². The van der Waals surface area contributed by atoms with Gasteiger partial charge in [-0.1, -0.05) is 18.9 Å². The lowest BCUT2D eigenvalue weighted by atomic mass is 9.91. The highest BCUT2D eigenvalue weighted by Gasteiger charge is 2.40. The number of benzene rings is 1. The van der Waals surface area contributed by atoms with Gasteiger partial charge in [-0.25, -0.2) is 0 Å². The fourth-order valence-corrected chi connectivity index (χ4v) is 4.33. The van der Waals surface area contributed by atoms with Gasteiger partial charge in [0.15, 0.2) is 11.5 Å². The topological polar surface area (TPSA) is 48.0 Å². The van der Waals surface area contributed by atoms with Crippen LogP contribution < -0.4 is 9.47 Å². The molecule has 0 atom stereocenters. The van der Waals surface area contributed by atoms with Crippen LogP contribution in [0.15, 0.2) is 18.2 Å². The molecule has 2 aliphatic heterocycles. The number of fused-ring (bicyclic) bond motifs is 1. The van der Waals surface area contributed by atoms with E-state index in [-0.39, 0.29) is 18.2 Å². The monoisotopic (exact) mass is 345 g/mol. The molecule has 0 N–H and O–H groups in total. The van der Waals surface area contributed by atoms with Crippen molar-refractivity contribution in [1.29, 1.82) is 0 Å². The van der Waals surface area contributed by atoms with E-state index < -0.39 is 0 Å². The first-order chi connectivity index (χ1) is 12.2. The molecule has 4 rings (SSSR count). The molecule has 5 nitrogen and oxygen atoms in total. The minimum atomic E-state index is -0.0360. The Morgan fingerprint density at radius 3 is 2.64 bits per heavy atom. The highest BCUT2D eigenvalue weighted by Crippen LogP contribution is 2.39. The lowest BCUT2D eigenvalue weighted by Gasteiger charge is -2.41. The van der Waals surface area contributed by atoms with E-state index in [0.29, 0.717) is 25.7 Å². The molecule has 0 radical (unpaired) electrons. The van der Waals surface area contributed by atoms with Crippen LogP contribution >= 0.6 is 0 Å². The zero-order valence-electron chi connectivity index (χ0n) is 15.0. The van der Waals surface area contributed by atoms with Gasteiger partial charge < -0.3 is 19.1 Å². The first-order valence-corrected chi connectivity index (χ1v) is 9.43. The van der Waals surface area contributed by atoms with Crippen LogP contribution in [0.2, 0.25) is 0 Å². The summed E-state index contributed by atoms with van der Waals surface area (Å²) >= 11 is 0. The molecule has 0 unspecified atom stereocenters. The van der Waals surface area contributed by atoms with Crippen molar-refractivity contribution in [2.24, 2.45) is 5.92 Å². The maximum atomic E-state index is 13.3. The van der Waals surface area contributed by atoms with E-state index >= 15 is 0 Å². The van der Waals surface area contributed by atoms with E-state index in [9.17, 15) is 4.79 Å². The lowest BCUT2D eigenvalue weighted by molar-refractivity contribution is -0.145. The molecule has 136 valence electrons. The van der Waals surface area contributed by atoms with E-state index in [4.69, 9.17) is 14.2 Å². The van der Waals surface area contributed by atoms with Crippen molar-refractivity contribution in [2.75, 3.05) is 20.0 Å². The van der Waals surface area contributed by atoms with Crippen molar-refractivity contribution >= 4 is 5.91 Å². The maximum absolute atomic E-state index is 13.3. The fourth-order valence-electron chi connectivity index (χ4n) is 4.33. The zero-order valence-corrected chi connectivity index (χ0v) is 15.0.